The topological polar surface area (TPSA) is 78.4 Å². The van der Waals surface area contributed by atoms with Gasteiger partial charge in [-0.05, 0) is 18.8 Å². The predicted octanol–water partition coefficient (Wildman–Crippen LogP) is 1.07. The Bertz CT molecular complexity index is 292. The average molecular weight is 258 g/mol. The van der Waals surface area contributed by atoms with Gasteiger partial charge in [0.05, 0.1) is 0 Å². The highest BCUT2D eigenvalue weighted by Crippen LogP contribution is 2.32. The minimum atomic E-state index is -0.955. The normalized spacial score (nSPS) is 16.0. The van der Waals surface area contributed by atoms with Gasteiger partial charge in [0.2, 0.25) is 0 Å². The number of urea groups is 1. The zero-order chi connectivity index (χ0) is 12.7. The van der Waals surface area contributed by atoms with Crippen molar-refractivity contribution in [3.05, 3.63) is 12.7 Å². The van der Waals surface area contributed by atoms with E-state index in [1.54, 1.807) is 17.8 Å². The molecule has 0 heterocycles. The number of hydrogen-bond acceptors (Lipinski definition) is 3. The number of carbonyl (C=O) groups is 2. The Morgan fingerprint density at radius 1 is 1.53 bits per heavy atom. The van der Waals surface area contributed by atoms with Crippen molar-refractivity contribution in [2.75, 3.05) is 18.1 Å². The van der Waals surface area contributed by atoms with Gasteiger partial charge < -0.3 is 15.7 Å². The molecule has 5 nitrogen and oxygen atoms in total. The van der Waals surface area contributed by atoms with E-state index in [9.17, 15) is 9.59 Å². The molecule has 0 saturated heterocycles. The largest absolute Gasteiger partial charge is 0.480 e. The summed E-state index contributed by atoms with van der Waals surface area (Å²) in [5.74, 6) is 0.793. The molecule has 0 aromatic rings. The second kappa shape index (κ2) is 7.21. The number of nitrogens with one attached hydrogen (secondary N) is 2. The first-order valence-corrected chi connectivity index (χ1v) is 6.76. The number of carbonyl (C=O) groups excluding carboxylic acids is 1. The van der Waals surface area contributed by atoms with Crippen LogP contribution in [0.3, 0.4) is 0 Å². The van der Waals surface area contributed by atoms with Crippen molar-refractivity contribution in [2.24, 2.45) is 5.92 Å². The summed E-state index contributed by atoms with van der Waals surface area (Å²) in [5, 5.41) is 14.0. The molecule has 1 atom stereocenters. The first kappa shape index (κ1) is 13.9. The Balaban J connectivity index is 2.14. The van der Waals surface area contributed by atoms with Crippen LogP contribution < -0.4 is 10.6 Å². The molecule has 3 N–H and O–H groups in total. The fourth-order valence-electron chi connectivity index (χ4n) is 1.41. The SMILES string of the molecule is C=CCSCCNC(=O)NC(C(=O)O)C1CC1. The van der Waals surface area contributed by atoms with Crippen molar-refractivity contribution in [1.82, 2.24) is 10.6 Å². The maximum Gasteiger partial charge on any atom is 0.326 e. The number of hydrogen-bond donors (Lipinski definition) is 3. The highest BCUT2D eigenvalue weighted by atomic mass is 32.2. The number of rotatable bonds is 8. The van der Waals surface area contributed by atoms with Gasteiger partial charge in [-0.25, -0.2) is 9.59 Å². The van der Waals surface area contributed by atoms with E-state index in [0.717, 1.165) is 24.3 Å². The zero-order valence-corrected chi connectivity index (χ0v) is 10.5. The summed E-state index contributed by atoms with van der Waals surface area (Å²) >= 11 is 1.66. The van der Waals surface area contributed by atoms with E-state index in [1.165, 1.54) is 0 Å². The summed E-state index contributed by atoms with van der Waals surface area (Å²) in [6.07, 6.45) is 3.57. The molecular weight excluding hydrogens is 240 g/mol. The number of carboxylic acid groups (broad SMARTS) is 1. The van der Waals surface area contributed by atoms with Crippen molar-refractivity contribution in [2.45, 2.75) is 18.9 Å². The summed E-state index contributed by atoms with van der Waals surface area (Å²) in [7, 11) is 0. The molecule has 0 aromatic carbocycles. The van der Waals surface area contributed by atoms with Crippen molar-refractivity contribution >= 4 is 23.8 Å². The van der Waals surface area contributed by atoms with Crippen molar-refractivity contribution < 1.29 is 14.7 Å². The van der Waals surface area contributed by atoms with Gasteiger partial charge >= 0.3 is 12.0 Å². The number of aliphatic carboxylic acids is 1. The molecule has 1 aliphatic carbocycles. The lowest BCUT2D eigenvalue weighted by Crippen LogP contribution is -2.47. The Morgan fingerprint density at radius 2 is 2.24 bits per heavy atom. The molecule has 0 radical (unpaired) electrons. The standard InChI is InChI=1S/C11H18N2O3S/c1-2-6-17-7-5-12-11(16)13-9(10(14)15)8-3-4-8/h2,8-9H,1,3-7H2,(H,14,15)(H2,12,13,16). The molecule has 0 aliphatic heterocycles. The van der Waals surface area contributed by atoms with E-state index < -0.39 is 18.0 Å². The molecule has 1 saturated carbocycles. The van der Waals surface area contributed by atoms with E-state index >= 15 is 0 Å². The van der Waals surface area contributed by atoms with Crippen LogP contribution in [0.2, 0.25) is 0 Å². The molecule has 6 heteroatoms. The molecule has 0 bridgehead atoms. The van der Waals surface area contributed by atoms with Crippen LogP contribution in [0.5, 0.6) is 0 Å². The summed E-state index contributed by atoms with van der Waals surface area (Å²) in [5.41, 5.74) is 0. The Labute approximate surface area is 105 Å². The van der Waals surface area contributed by atoms with Gasteiger partial charge in [-0.3, -0.25) is 0 Å². The minimum Gasteiger partial charge on any atom is -0.480 e. The zero-order valence-electron chi connectivity index (χ0n) is 9.65. The molecular formula is C11H18N2O3S. The van der Waals surface area contributed by atoms with E-state index in [0.29, 0.717) is 6.54 Å². The molecule has 0 aromatic heterocycles. The summed E-state index contributed by atoms with van der Waals surface area (Å²) in [4.78, 5) is 22.3. The number of amides is 2. The van der Waals surface area contributed by atoms with E-state index in [4.69, 9.17) is 5.11 Å². The Hall–Kier alpha value is -1.17. The quantitative estimate of drug-likeness (QED) is 0.449. The van der Waals surface area contributed by atoms with Crippen LogP contribution in [0.15, 0.2) is 12.7 Å². The van der Waals surface area contributed by atoms with Crippen LogP contribution in [0.1, 0.15) is 12.8 Å². The summed E-state index contributed by atoms with van der Waals surface area (Å²) in [6.45, 7) is 4.12. The van der Waals surface area contributed by atoms with Crippen LogP contribution >= 0.6 is 11.8 Å². The lowest BCUT2D eigenvalue weighted by atomic mass is 10.2. The maximum absolute atomic E-state index is 11.4. The Morgan fingerprint density at radius 3 is 2.76 bits per heavy atom. The lowest BCUT2D eigenvalue weighted by molar-refractivity contribution is -0.139. The van der Waals surface area contributed by atoms with E-state index in [1.807, 2.05) is 0 Å². The van der Waals surface area contributed by atoms with Gasteiger partial charge in [0.25, 0.3) is 0 Å². The second-order valence-electron chi connectivity index (χ2n) is 3.92. The van der Waals surface area contributed by atoms with Gasteiger partial charge in [0, 0.05) is 18.1 Å². The van der Waals surface area contributed by atoms with Crippen LogP contribution in [0.4, 0.5) is 4.79 Å². The van der Waals surface area contributed by atoms with Gasteiger partial charge in [0.1, 0.15) is 6.04 Å². The van der Waals surface area contributed by atoms with Crippen LogP contribution in [0, 0.1) is 5.92 Å². The van der Waals surface area contributed by atoms with Crippen LogP contribution in [-0.4, -0.2) is 41.2 Å². The first-order valence-electron chi connectivity index (χ1n) is 5.61. The van der Waals surface area contributed by atoms with Gasteiger partial charge in [-0.1, -0.05) is 6.08 Å². The van der Waals surface area contributed by atoms with E-state index in [-0.39, 0.29) is 5.92 Å². The van der Waals surface area contributed by atoms with Crippen molar-refractivity contribution in [3.8, 4) is 0 Å². The molecule has 1 aliphatic rings. The highest BCUT2D eigenvalue weighted by molar-refractivity contribution is 7.99. The fraction of sp³-hybridized carbons (Fsp3) is 0.636. The third-order valence-electron chi connectivity index (χ3n) is 2.41. The Kier molecular flexibility index (Phi) is 5.90. The molecule has 17 heavy (non-hydrogen) atoms. The van der Waals surface area contributed by atoms with Gasteiger partial charge in [-0.2, -0.15) is 11.8 Å². The summed E-state index contributed by atoms with van der Waals surface area (Å²) in [6, 6.07) is -1.14. The average Bonchev–Trinajstić information content (AvgIpc) is 3.09. The van der Waals surface area contributed by atoms with Crippen molar-refractivity contribution in [1.29, 1.82) is 0 Å². The highest BCUT2D eigenvalue weighted by Gasteiger charge is 2.37. The number of thioether (sulfide) groups is 1. The van der Waals surface area contributed by atoms with Crippen LogP contribution in [-0.2, 0) is 4.79 Å². The lowest BCUT2D eigenvalue weighted by Gasteiger charge is -2.14. The molecule has 1 unspecified atom stereocenters. The number of carboxylic acids is 1. The fourth-order valence-corrected chi connectivity index (χ4v) is 1.99. The van der Waals surface area contributed by atoms with Gasteiger partial charge in [0.15, 0.2) is 0 Å². The second-order valence-corrected chi connectivity index (χ2v) is 5.07. The summed E-state index contributed by atoms with van der Waals surface area (Å²) < 4.78 is 0. The van der Waals surface area contributed by atoms with Crippen molar-refractivity contribution in [3.63, 3.8) is 0 Å². The minimum absolute atomic E-state index is 0.105. The third kappa shape index (κ3) is 5.63. The molecule has 1 fully saturated rings. The molecule has 1 rings (SSSR count). The molecule has 2 amide bonds. The third-order valence-corrected chi connectivity index (χ3v) is 3.38. The van der Waals surface area contributed by atoms with Crippen LogP contribution in [0.25, 0.3) is 0 Å². The monoisotopic (exact) mass is 258 g/mol. The van der Waals surface area contributed by atoms with Gasteiger partial charge in [-0.15, -0.1) is 6.58 Å². The maximum atomic E-state index is 11.4. The predicted molar refractivity (Wildman–Crippen MR) is 68.2 cm³/mol. The van der Waals surface area contributed by atoms with E-state index in [2.05, 4.69) is 17.2 Å². The first-order chi connectivity index (χ1) is 8.15. The molecule has 0 spiro atoms. The smallest absolute Gasteiger partial charge is 0.326 e. The molecule has 96 valence electrons.